The lowest BCUT2D eigenvalue weighted by atomic mass is 10.1. The highest BCUT2D eigenvalue weighted by Gasteiger charge is 2.28. The Kier molecular flexibility index (Phi) is 5.74. The van der Waals surface area contributed by atoms with Crippen molar-refractivity contribution in [3.05, 3.63) is 42.0 Å². The molecule has 0 radical (unpaired) electrons. The molecular formula is C21H19F3N4O4. The van der Waals surface area contributed by atoms with Crippen LogP contribution in [-0.2, 0) is 7.05 Å². The first kappa shape index (κ1) is 21.6. The van der Waals surface area contributed by atoms with Crippen LogP contribution in [0.4, 0.5) is 25.1 Å². The second kappa shape index (κ2) is 8.50. The molecule has 4 rings (SSSR count). The highest BCUT2D eigenvalue weighted by atomic mass is 19.4. The molecule has 0 spiro atoms. The van der Waals surface area contributed by atoms with Crippen molar-refractivity contribution in [2.24, 2.45) is 7.05 Å². The lowest BCUT2D eigenvalue weighted by Gasteiger charge is -2.08. The highest BCUT2D eigenvalue weighted by Crippen LogP contribution is 2.28. The van der Waals surface area contributed by atoms with Crippen LogP contribution in [0.25, 0.3) is 22.1 Å². The number of benzene rings is 2. The minimum Gasteiger partial charge on any atom is -0.484 e. The number of oxazole rings is 1. The number of halogens is 3. The Morgan fingerprint density at radius 2 is 2.00 bits per heavy atom. The third-order valence-corrected chi connectivity index (χ3v) is 4.75. The number of hydrogen-bond donors (Lipinski definition) is 2. The zero-order valence-corrected chi connectivity index (χ0v) is 16.9. The number of aromatic nitrogens is 3. The van der Waals surface area contributed by atoms with Crippen molar-refractivity contribution in [2.45, 2.75) is 19.0 Å². The fourth-order valence-corrected chi connectivity index (χ4v) is 3.18. The first-order chi connectivity index (χ1) is 15.2. The number of ketones is 1. The average Bonchev–Trinajstić information content (AvgIpc) is 3.29. The molecule has 0 saturated carbocycles. The summed E-state index contributed by atoms with van der Waals surface area (Å²) in [5, 5.41) is 11.8. The molecule has 0 aliphatic rings. The first-order valence-corrected chi connectivity index (χ1v) is 9.71. The van der Waals surface area contributed by atoms with Gasteiger partial charge in [-0.1, -0.05) is 0 Å². The van der Waals surface area contributed by atoms with Crippen molar-refractivity contribution >= 4 is 39.9 Å². The zero-order valence-electron chi connectivity index (χ0n) is 16.9. The van der Waals surface area contributed by atoms with Crippen LogP contribution in [0.3, 0.4) is 0 Å². The van der Waals surface area contributed by atoms with E-state index in [2.05, 4.69) is 15.3 Å². The van der Waals surface area contributed by atoms with Crippen molar-refractivity contribution in [3.8, 4) is 5.75 Å². The number of carbonyl (C=O) groups is 1. The Hall–Kier alpha value is -3.60. The molecule has 0 bridgehead atoms. The van der Waals surface area contributed by atoms with Crippen molar-refractivity contribution in [1.82, 2.24) is 14.5 Å². The molecule has 0 unspecified atom stereocenters. The van der Waals surface area contributed by atoms with Gasteiger partial charge >= 0.3 is 12.2 Å². The molecule has 4 aromatic rings. The predicted octanol–water partition coefficient (Wildman–Crippen LogP) is 4.35. The average molecular weight is 448 g/mol. The summed E-state index contributed by atoms with van der Waals surface area (Å²) in [5.74, 6) is 0.335. The van der Waals surface area contributed by atoms with Gasteiger partial charge in [-0.25, -0.2) is 4.98 Å². The van der Waals surface area contributed by atoms with Crippen LogP contribution in [0, 0.1) is 0 Å². The number of rotatable bonds is 8. The molecule has 0 fully saturated rings. The van der Waals surface area contributed by atoms with Gasteiger partial charge in [0.15, 0.2) is 18.0 Å². The van der Waals surface area contributed by atoms with Crippen LogP contribution in [0.15, 0.2) is 40.8 Å². The third-order valence-electron chi connectivity index (χ3n) is 4.75. The number of anilines is 2. The topological polar surface area (TPSA) is 102 Å². The molecular weight excluding hydrogens is 429 g/mol. The van der Waals surface area contributed by atoms with E-state index < -0.39 is 12.8 Å². The van der Waals surface area contributed by atoms with Crippen molar-refractivity contribution in [2.75, 3.05) is 18.5 Å². The summed E-state index contributed by atoms with van der Waals surface area (Å²) in [5.41, 5.74) is 2.54. The summed E-state index contributed by atoms with van der Waals surface area (Å²) in [7, 11) is 1.77. The standard InChI is InChI=1S/C21H19F3N4O4/c1-28-16-7-4-12(17(30)3-2-8-29)9-15(16)25-19(28)27-20-26-14-6-5-13(10-18(14)32-20)31-11-21(22,23)24/h4-7,9-10,29H,2-3,8,11H2,1H3,(H,25,26,27). The minimum atomic E-state index is -4.44. The number of nitrogens with one attached hydrogen (secondary N) is 1. The maximum atomic E-state index is 12.3. The van der Waals surface area contributed by atoms with Gasteiger partial charge in [0.05, 0.1) is 11.0 Å². The lowest BCUT2D eigenvalue weighted by molar-refractivity contribution is -0.153. The number of aryl methyl sites for hydroxylation is 1. The quantitative estimate of drug-likeness (QED) is 0.386. The molecule has 168 valence electrons. The Labute approximate surface area is 179 Å². The lowest BCUT2D eigenvalue weighted by Crippen LogP contribution is -2.19. The van der Waals surface area contributed by atoms with E-state index in [-0.39, 0.29) is 36.2 Å². The largest absolute Gasteiger partial charge is 0.484 e. The van der Waals surface area contributed by atoms with Gasteiger partial charge < -0.3 is 18.8 Å². The summed E-state index contributed by atoms with van der Waals surface area (Å²) in [4.78, 5) is 20.9. The summed E-state index contributed by atoms with van der Waals surface area (Å²) >= 11 is 0. The summed E-state index contributed by atoms with van der Waals surface area (Å²) in [6, 6.07) is 9.46. The highest BCUT2D eigenvalue weighted by molar-refractivity contribution is 5.99. The molecule has 0 amide bonds. The Balaban J connectivity index is 1.55. The van der Waals surface area contributed by atoms with Gasteiger partial charge in [0.1, 0.15) is 11.3 Å². The maximum absolute atomic E-state index is 12.3. The van der Waals surface area contributed by atoms with Gasteiger partial charge in [0.25, 0.3) is 0 Å². The smallest absolute Gasteiger partial charge is 0.422 e. The van der Waals surface area contributed by atoms with E-state index in [0.717, 1.165) is 5.52 Å². The number of ether oxygens (including phenoxy) is 1. The number of aliphatic hydroxyl groups is 1. The molecule has 2 aromatic heterocycles. The molecule has 0 atom stereocenters. The molecule has 2 aromatic carbocycles. The van der Waals surface area contributed by atoms with Gasteiger partial charge in [-0.3, -0.25) is 10.1 Å². The van der Waals surface area contributed by atoms with E-state index in [1.54, 1.807) is 29.8 Å². The molecule has 11 heteroatoms. The van der Waals surface area contributed by atoms with E-state index in [4.69, 9.17) is 14.3 Å². The van der Waals surface area contributed by atoms with Crippen molar-refractivity contribution in [3.63, 3.8) is 0 Å². The monoisotopic (exact) mass is 448 g/mol. The van der Waals surface area contributed by atoms with Crippen LogP contribution in [0.1, 0.15) is 23.2 Å². The minimum absolute atomic E-state index is 0.0126. The fourth-order valence-electron chi connectivity index (χ4n) is 3.18. The van der Waals surface area contributed by atoms with Gasteiger partial charge in [0.2, 0.25) is 5.95 Å². The number of fused-ring (bicyclic) bond motifs is 2. The van der Waals surface area contributed by atoms with Crippen LogP contribution in [0.5, 0.6) is 5.75 Å². The number of nitrogens with zero attached hydrogens (tertiary/aromatic N) is 3. The summed E-state index contributed by atoms with van der Waals surface area (Å²) in [6.07, 6.45) is -3.79. The van der Waals surface area contributed by atoms with E-state index in [9.17, 15) is 18.0 Å². The van der Waals surface area contributed by atoms with Gasteiger partial charge in [0, 0.05) is 31.7 Å². The summed E-state index contributed by atoms with van der Waals surface area (Å²) < 4.78 is 49.1. The zero-order chi connectivity index (χ0) is 22.9. The number of carbonyl (C=O) groups excluding carboxylic acids is 1. The van der Waals surface area contributed by atoms with Gasteiger partial charge in [-0.15, -0.1) is 0 Å². The number of Topliss-reactive ketones (excluding diaryl/α,β-unsaturated/α-hetero) is 1. The van der Waals surface area contributed by atoms with Crippen LogP contribution >= 0.6 is 0 Å². The molecule has 0 aliphatic carbocycles. The second-order valence-corrected chi connectivity index (χ2v) is 7.13. The van der Waals surface area contributed by atoms with Crippen molar-refractivity contribution < 1.29 is 32.2 Å². The van der Waals surface area contributed by atoms with Gasteiger partial charge in [-0.2, -0.15) is 18.2 Å². The SMILES string of the molecule is Cn1c(Nc2nc3ccc(OCC(F)(F)F)cc3o2)nc2cc(C(=O)CCCO)ccc21. The normalized spacial score (nSPS) is 11.9. The number of imidazole rings is 1. The van der Waals surface area contributed by atoms with Crippen LogP contribution in [0.2, 0.25) is 0 Å². The molecule has 32 heavy (non-hydrogen) atoms. The van der Waals surface area contributed by atoms with E-state index in [1.165, 1.54) is 18.2 Å². The molecule has 2 heterocycles. The van der Waals surface area contributed by atoms with Crippen LogP contribution < -0.4 is 10.1 Å². The molecule has 0 aliphatic heterocycles. The number of aliphatic hydroxyl groups excluding tert-OH is 1. The molecule has 2 N–H and O–H groups in total. The first-order valence-electron chi connectivity index (χ1n) is 9.71. The number of alkyl halides is 3. The molecule has 8 nitrogen and oxygen atoms in total. The molecule has 0 saturated heterocycles. The van der Waals surface area contributed by atoms with E-state index in [1.807, 2.05) is 0 Å². The Bertz CT molecular complexity index is 1280. The second-order valence-electron chi connectivity index (χ2n) is 7.13. The van der Waals surface area contributed by atoms with E-state index in [0.29, 0.717) is 29.0 Å². The van der Waals surface area contributed by atoms with Gasteiger partial charge in [-0.05, 0) is 36.8 Å². The van der Waals surface area contributed by atoms with Crippen molar-refractivity contribution in [1.29, 1.82) is 0 Å². The summed E-state index contributed by atoms with van der Waals surface area (Å²) in [6.45, 7) is -1.45. The number of hydrogen-bond acceptors (Lipinski definition) is 7. The fraction of sp³-hybridized carbons (Fsp3) is 0.286. The third kappa shape index (κ3) is 4.67. The van der Waals surface area contributed by atoms with Crippen LogP contribution in [-0.4, -0.2) is 44.8 Å². The maximum Gasteiger partial charge on any atom is 0.422 e. The Morgan fingerprint density at radius 3 is 2.75 bits per heavy atom. The Morgan fingerprint density at radius 1 is 1.19 bits per heavy atom. The van der Waals surface area contributed by atoms with E-state index >= 15 is 0 Å². The predicted molar refractivity (Wildman–Crippen MR) is 110 cm³/mol.